The molecule has 0 heterocycles. The van der Waals surface area contributed by atoms with Crippen LogP contribution in [-0.4, -0.2) is 15.0 Å². The Morgan fingerprint density at radius 1 is 0.957 bits per heavy atom. The highest BCUT2D eigenvalue weighted by molar-refractivity contribution is 7.92. The maximum Gasteiger partial charge on any atom is 0.387 e. The van der Waals surface area contributed by atoms with Gasteiger partial charge in [-0.05, 0) is 36.4 Å². The van der Waals surface area contributed by atoms with Gasteiger partial charge in [0.2, 0.25) is 0 Å². The molecule has 0 atom stereocenters. The van der Waals surface area contributed by atoms with Crippen molar-refractivity contribution in [2.75, 3.05) is 4.72 Å². The van der Waals surface area contributed by atoms with E-state index in [0.717, 1.165) is 6.07 Å². The molecule has 0 spiro atoms. The summed E-state index contributed by atoms with van der Waals surface area (Å²) < 4.78 is 55.1. The zero-order valence-corrected chi connectivity index (χ0v) is 14.1. The molecule has 0 saturated heterocycles. The number of alkyl halides is 2. The zero-order valence-electron chi connectivity index (χ0n) is 11.1. The molecule has 23 heavy (non-hydrogen) atoms. The highest BCUT2D eigenvalue weighted by Gasteiger charge is 2.20. The van der Waals surface area contributed by atoms with Crippen LogP contribution in [0.4, 0.5) is 14.5 Å². The van der Waals surface area contributed by atoms with E-state index in [-0.39, 0.29) is 31.4 Å². The van der Waals surface area contributed by atoms with E-state index in [2.05, 4.69) is 9.46 Å². The van der Waals surface area contributed by atoms with Crippen molar-refractivity contribution in [2.45, 2.75) is 11.5 Å². The van der Waals surface area contributed by atoms with Crippen molar-refractivity contribution in [3.63, 3.8) is 0 Å². The predicted molar refractivity (Wildman–Crippen MR) is 85.4 cm³/mol. The van der Waals surface area contributed by atoms with Gasteiger partial charge < -0.3 is 4.74 Å². The lowest BCUT2D eigenvalue weighted by molar-refractivity contribution is -0.0498. The van der Waals surface area contributed by atoms with E-state index in [1.165, 1.54) is 30.3 Å². The Kier molecular flexibility index (Phi) is 5.57. The van der Waals surface area contributed by atoms with Gasteiger partial charge in [-0.2, -0.15) is 8.78 Å². The van der Waals surface area contributed by atoms with Crippen molar-refractivity contribution < 1.29 is 21.9 Å². The lowest BCUT2D eigenvalue weighted by atomic mass is 10.3. The standard InChI is InChI=1S/C13H8Cl3F2NO3S/c14-9-5-11(16)12(6-10(9)15)23(20,21)19-7-1-3-8(4-2-7)22-13(17)18/h1-6,13,19H. The molecule has 0 amide bonds. The number of sulfonamides is 1. The lowest BCUT2D eigenvalue weighted by Gasteiger charge is -2.11. The first kappa shape index (κ1) is 18.1. The summed E-state index contributed by atoms with van der Waals surface area (Å²) in [5.74, 6) is -0.101. The van der Waals surface area contributed by atoms with Gasteiger partial charge in [0.1, 0.15) is 10.6 Å². The molecule has 0 saturated carbocycles. The number of rotatable bonds is 5. The molecular weight excluding hydrogens is 395 g/mol. The summed E-state index contributed by atoms with van der Waals surface area (Å²) in [5.41, 5.74) is 0.133. The van der Waals surface area contributed by atoms with Gasteiger partial charge in [-0.1, -0.05) is 34.8 Å². The van der Waals surface area contributed by atoms with Crippen molar-refractivity contribution in [1.82, 2.24) is 0 Å². The molecule has 0 aliphatic heterocycles. The van der Waals surface area contributed by atoms with Gasteiger partial charge in [0.05, 0.1) is 15.1 Å². The van der Waals surface area contributed by atoms with Gasteiger partial charge in [-0.15, -0.1) is 0 Å². The van der Waals surface area contributed by atoms with Crippen LogP contribution in [0.15, 0.2) is 41.3 Å². The maximum absolute atomic E-state index is 12.3. The zero-order chi connectivity index (χ0) is 17.2. The van der Waals surface area contributed by atoms with E-state index < -0.39 is 16.6 Å². The average Bonchev–Trinajstić information content (AvgIpc) is 2.44. The van der Waals surface area contributed by atoms with Crippen LogP contribution >= 0.6 is 34.8 Å². The number of anilines is 1. The molecule has 10 heteroatoms. The van der Waals surface area contributed by atoms with Crippen molar-refractivity contribution in [1.29, 1.82) is 0 Å². The molecule has 0 unspecified atom stereocenters. The van der Waals surface area contributed by atoms with Crippen LogP contribution in [0.3, 0.4) is 0 Å². The van der Waals surface area contributed by atoms with Crippen LogP contribution in [0.5, 0.6) is 5.75 Å². The fourth-order valence-electron chi connectivity index (χ4n) is 1.62. The van der Waals surface area contributed by atoms with E-state index in [1.807, 2.05) is 0 Å². The molecular formula is C13H8Cl3F2NO3S. The number of hydrogen-bond donors (Lipinski definition) is 1. The minimum absolute atomic E-state index is 0.0251. The molecule has 0 aliphatic rings. The summed E-state index contributed by atoms with van der Waals surface area (Å²) in [6, 6.07) is 7.24. The molecule has 2 rings (SSSR count). The van der Waals surface area contributed by atoms with Crippen LogP contribution in [0.1, 0.15) is 0 Å². The Hall–Kier alpha value is -1.28. The number of halogens is 5. The van der Waals surface area contributed by atoms with E-state index >= 15 is 0 Å². The predicted octanol–water partition coefficient (Wildman–Crippen LogP) is 5.05. The van der Waals surface area contributed by atoms with E-state index in [1.54, 1.807) is 0 Å². The second-order valence-electron chi connectivity index (χ2n) is 4.21. The monoisotopic (exact) mass is 401 g/mol. The SMILES string of the molecule is O=S(=O)(Nc1ccc(OC(F)F)cc1)c1cc(Cl)c(Cl)cc1Cl. The topological polar surface area (TPSA) is 55.4 Å². The van der Waals surface area contributed by atoms with Gasteiger partial charge in [0, 0.05) is 5.69 Å². The molecule has 0 aliphatic carbocycles. The smallest absolute Gasteiger partial charge is 0.387 e. The second kappa shape index (κ2) is 7.09. The Morgan fingerprint density at radius 3 is 2.09 bits per heavy atom. The first-order valence-electron chi connectivity index (χ1n) is 5.91. The van der Waals surface area contributed by atoms with E-state index in [0.29, 0.717) is 0 Å². The summed E-state index contributed by atoms with van der Waals surface area (Å²) in [7, 11) is -4.03. The van der Waals surface area contributed by atoms with Gasteiger partial charge in [-0.3, -0.25) is 4.72 Å². The summed E-state index contributed by atoms with van der Waals surface area (Å²) in [6.45, 7) is -2.97. The largest absolute Gasteiger partial charge is 0.435 e. The normalized spacial score (nSPS) is 11.6. The molecule has 1 N–H and O–H groups in total. The number of nitrogens with one attached hydrogen (secondary N) is 1. The van der Waals surface area contributed by atoms with Crippen LogP contribution < -0.4 is 9.46 Å². The van der Waals surface area contributed by atoms with Crippen LogP contribution in [0.25, 0.3) is 0 Å². The van der Waals surface area contributed by atoms with Crippen molar-refractivity contribution >= 4 is 50.5 Å². The third-order valence-electron chi connectivity index (χ3n) is 2.60. The van der Waals surface area contributed by atoms with Gasteiger partial charge in [0.15, 0.2) is 0 Å². The fraction of sp³-hybridized carbons (Fsp3) is 0.0769. The van der Waals surface area contributed by atoms with Gasteiger partial charge >= 0.3 is 6.61 Å². The van der Waals surface area contributed by atoms with Crippen molar-refractivity contribution in [3.8, 4) is 5.75 Å². The third-order valence-corrected chi connectivity index (χ3v) is 5.16. The molecule has 0 bridgehead atoms. The Morgan fingerprint density at radius 2 is 1.52 bits per heavy atom. The minimum atomic E-state index is -4.03. The fourth-order valence-corrected chi connectivity index (χ4v) is 3.69. The first-order valence-corrected chi connectivity index (χ1v) is 8.53. The van der Waals surface area contributed by atoms with E-state index in [4.69, 9.17) is 34.8 Å². The minimum Gasteiger partial charge on any atom is -0.435 e. The molecule has 2 aromatic rings. The maximum atomic E-state index is 12.3. The van der Waals surface area contributed by atoms with Crippen molar-refractivity contribution in [3.05, 3.63) is 51.5 Å². The van der Waals surface area contributed by atoms with Crippen LogP contribution in [0.2, 0.25) is 15.1 Å². The highest BCUT2D eigenvalue weighted by atomic mass is 35.5. The quantitative estimate of drug-likeness (QED) is 0.712. The molecule has 0 aromatic heterocycles. The summed E-state index contributed by atoms with van der Waals surface area (Å²) in [5, 5.41) is 0.0331. The number of ether oxygens (including phenoxy) is 1. The Balaban J connectivity index is 2.26. The van der Waals surface area contributed by atoms with E-state index in [9.17, 15) is 17.2 Å². The molecule has 2 aromatic carbocycles. The molecule has 0 radical (unpaired) electrons. The lowest BCUT2D eigenvalue weighted by Crippen LogP contribution is -2.13. The van der Waals surface area contributed by atoms with Gasteiger partial charge in [-0.25, -0.2) is 8.42 Å². The third kappa shape index (κ3) is 4.60. The second-order valence-corrected chi connectivity index (χ2v) is 7.08. The average molecular weight is 403 g/mol. The molecule has 4 nitrogen and oxygen atoms in total. The molecule has 124 valence electrons. The first-order chi connectivity index (χ1) is 10.7. The number of benzene rings is 2. The summed E-state index contributed by atoms with van der Waals surface area (Å²) in [6.07, 6.45) is 0. The summed E-state index contributed by atoms with van der Waals surface area (Å²) >= 11 is 17.4. The summed E-state index contributed by atoms with van der Waals surface area (Å²) in [4.78, 5) is -0.263. The number of hydrogen-bond acceptors (Lipinski definition) is 3. The Labute approximate surface area is 146 Å². The molecule has 0 fully saturated rings. The highest BCUT2D eigenvalue weighted by Crippen LogP contribution is 2.32. The van der Waals surface area contributed by atoms with Gasteiger partial charge in [0.25, 0.3) is 10.0 Å². The van der Waals surface area contributed by atoms with Crippen LogP contribution in [0, 0.1) is 0 Å². The Bertz CT molecular complexity index is 814. The van der Waals surface area contributed by atoms with Crippen LogP contribution in [-0.2, 0) is 10.0 Å². The van der Waals surface area contributed by atoms with Crippen molar-refractivity contribution in [2.24, 2.45) is 0 Å².